The molecule has 1 aromatic carbocycles. The van der Waals surface area contributed by atoms with Crippen molar-refractivity contribution in [1.29, 1.82) is 0 Å². The highest BCUT2D eigenvalue weighted by molar-refractivity contribution is 5.96. The number of unbranched alkanes of at least 4 members (excludes halogenated alkanes) is 1. The molecule has 8 nitrogen and oxygen atoms in total. The molecule has 3 rings (SSSR count). The Kier molecular flexibility index (Phi) is 5.22. The van der Waals surface area contributed by atoms with Crippen LogP contribution in [0.1, 0.15) is 35.8 Å². The monoisotopic (exact) mass is 355 g/mol. The van der Waals surface area contributed by atoms with Gasteiger partial charge in [-0.3, -0.25) is 4.79 Å². The maximum absolute atomic E-state index is 11.5. The first-order valence-corrected chi connectivity index (χ1v) is 8.85. The summed E-state index contributed by atoms with van der Waals surface area (Å²) in [6.07, 6.45) is 1.88. The van der Waals surface area contributed by atoms with Gasteiger partial charge in [-0.2, -0.15) is 5.10 Å². The lowest BCUT2D eigenvalue weighted by molar-refractivity contribution is 0.100. The minimum Gasteiger partial charge on any atom is -0.366 e. The van der Waals surface area contributed by atoms with Crippen molar-refractivity contribution in [3.05, 3.63) is 35.5 Å². The lowest BCUT2D eigenvalue weighted by Gasteiger charge is -2.11. The molecule has 0 aliphatic rings. The van der Waals surface area contributed by atoms with E-state index < -0.39 is 5.91 Å². The number of rotatable bonds is 8. The van der Waals surface area contributed by atoms with E-state index in [9.17, 15) is 4.79 Å². The van der Waals surface area contributed by atoms with Gasteiger partial charge < -0.3 is 21.4 Å². The molecule has 1 amide bonds. The number of aryl methyl sites for hydroxylation is 3. The number of hydrogen-bond acceptors (Lipinski definition) is 5. The van der Waals surface area contributed by atoms with Crippen molar-refractivity contribution >= 4 is 28.7 Å². The third-order valence-electron chi connectivity index (χ3n) is 4.31. The van der Waals surface area contributed by atoms with Gasteiger partial charge in [0.1, 0.15) is 5.82 Å². The number of hydrogen-bond donors (Lipinski definition) is 3. The zero-order valence-electron chi connectivity index (χ0n) is 15.2. The van der Waals surface area contributed by atoms with E-state index in [0.29, 0.717) is 18.1 Å². The van der Waals surface area contributed by atoms with Crippen LogP contribution in [-0.4, -0.2) is 31.8 Å². The summed E-state index contributed by atoms with van der Waals surface area (Å²) >= 11 is 0. The fourth-order valence-corrected chi connectivity index (χ4v) is 3.02. The second kappa shape index (κ2) is 7.57. The van der Waals surface area contributed by atoms with E-state index in [-0.39, 0.29) is 0 Å². The maximum Gasteiger partial charge on any atom is 0.248 e. The van der Waals surface area contributed by atoms with Crippen LogP contribution in [0.4, 0.5) is 11.8 Å². The highest BCUT2D eigenvalue weighted by atomic mass is 16.1. The Labute approximate surface area is 152 Å². The van der Waals surface area contributed by atoms with Crippen LogP contribution in [0.5, 0.6) is 0 Å². The topological polar surface area (TPSA) is 117 Å². The summed E-state index contributed by atoms with van der Waals surface area (Å²) in [7, 11) is 0. The molecule has 26 heavy (non-hydrogen) atoms. The minimum absolute atomic E-state index is 0.449. The summed E-state index contributed by atoms with van der Waals surface area (Å²) < 4.78 is 4.01. The number of nitrogens with zero attached hydrogens (tertiary/aromatic N) is 4. The lowest BCUT2D eigenvalue weighted by atomic mass is 10.2. The molecule has 0 atom stereocenters. The summed E-state index contributed by atoms with van der Waals surface area (Å²) in [6.45, 7) is 6.20. The lowest BCUT2D eigenvalue weighted by Crippen LogP contribution is -2.10. The number of amides is 1. The number of anilines is 2. The van der Waals surface area contributed by atoms with Gasteiger partial charge in [-0.1, -0.05) is 0 Å². The summed E-state index contributed by atoms with van der Waals surface area (Å²) in [6, 6.07) is 7.33. The first-order chi connectivity index (χ1) is 12.5. The third-order valence-corrected chi connectivity index (χ3v) is 4.31. The molecule has 0 spiro atoms. The average Bonchev–Trinajstić information content (AvgIpc) is 3.14. The van der Waals surface area contributed by atoms with Crippen LogP contribution in [0.25, 0.3) is 11.0 Å². The van der Waals surface area contributed by atoms with Gasteiger partial charge in [0, 0.05) is 24.7 Å². The highest BCUT2D eigenvalue weighted by Crippen LogP contribution is 2.25. The zero-order chi connectivity index (χ0) is 18.7. The van der Waals surface area contributed by atoms with Crippen LogP contribution >= 0.6 is 0 Å². The van der Waals surface area contributed by atoms with E-state index in [0.717, 1.165) is 48.5 Å². The summed E-state index contributed by atoms with van der Waals surface area (Å²) in [5, 5.41) is 7.84. The SMILES string of the molecule is CCn1nc(C)cc1Nc1nc2cc(C(N)=O)ccc2n1CCCCN. The fraction of sp³-hybridized carbons (Fsp3) is 0.389. The molecular formula is C18H25N7O. The Morgan fingerprint density at radius 2 is 2.08 bits per heavy atom. The molecule has 3 aromatic rings. The number of carbonyl (C=O) groups is 1. The molecule has 0 radical (unpaired) electrons. The van der Waals surface area contributed by atoms with E-state index in [4.69, 9.17) is 11.5 Å². The molecule has 0 unspecified atom stereocenters. The van der Waals surface area contributed by atoms with Crippen molar-refractivity contribution in [3.8, 4) is 0 Å². The van der Waals surface area contributed by atoms with Gasteiger partial charge in [0.2, 0.25) is 11.9 Å². The van der Waals surface area contributed by atoms with E-state index in [2.05, 4.69) is 20.0 Å². The molecule has 0 saturated carbocycles. The van der Waals surface area contributed by atoms with Gasteiger partial charge in [0.25, 0.3) is 0 Å². The Hall–Kier alpha value is -2.87. The standard InChI is InChI=1S/C18H25N7O/c1-3-25-16(10-12(2)23-25)22-18-21-14-11-13(17(20)26)6-7-15(14)24(18)9-5-4-8-19/h6-7,10-11H,3-5,8-9,19H2,1-2H3,(H2,20,26)(H,21,22). The van der Waals surface area contributed by atoms with Crippen LogP contribution < -0.4 is 16.8 Å². The third kappa shape index (κ3) is 3.55. The molecule has 8 heteroatoms. The van der Waals surface area contributed by atoms with E-state index >= 15 is 0 Å². The predicted octanol–water partition coefficient (Wildman–Crippen LogP) is 2.14. The smallest absolute Gasteiger partial charge is 0.248 e. The normalized spacial score (nSPS) is 11.2. The number of carbonyl (C=O) groups excluding carboxylic acids is 1. The molecule has 0 fully saturated rings. The molecule has 2 aromatic heterocycles. The molecule has 0 aliphatic carbocycles. The van der Waals surface area contributed by atoms with Crippen molar-refractivity contribution in [2.45, 2.75) is 39.8 Å². The number of nitrogens with one attached hydrogen (secondary N) is 1. The average molecular weight is 355 g/mol. The van der Waals surface area contributed by atoms with E-state index in [1.807, 2.05) is 30.7 Å². The molecule has 2 heterocycles. The predicted molar refractivity (Wildman–Crippen MR) is 102 cm³/mol. The Balaban J connectivity index is 2.03. The summed E-state index contributed by atoms with van der Waals surface area (Å²) in [5.74, 6) is 1.14. The van der Waals surface area contributed by atoms with E-state index in [1.54, 1.807) is 12.1 Å². The minimum atomic E-state index is -0.459. The van der Waals surface area contributed by atoms with Crippen LogP contribution in [0.3, 0.4) is 0 Å². The van der Waals surface area contributed by atoms with Gasteiger partial charge in [-0.05, 0) is 51.4 Å². The quantitative estimate of drug-likeness (QED) is 0.535. The number of benzene rings is 1. The Bertz CT molecular complexity index is 925. The largest absolute Gasteiger partial charge is 0.366 e. The molecular weight excluding hydrogens is 330 g/mol. The van der Waals surface area contributed by atoms with Crippen LogP contribution in [0, 0.1) is 6.92 Å². The Morgan fingerprint density at radius 3 is 2.77 bits per heavy atom. The molecule has 0 saturated heterocycles. The number of fused-ring (bicyclic) bond motifs is 1. The van der Waals surface area contributed by atoms with Crippen molar-refractivity contribution < 1.29 is 4.79 Å². The van der Waals surface area contributed by atoms with Crippen LogP contribution in [0.15, 0.2) is 24.3 Å². The van der Waals surface area contributed by atoms with Gasteiger partial charge in [0.15, 0.2) is 0 Å². The van der Waals surface area contributed by atoms with Crippen LogP contribution in [-0.2, 0) is 13.1 Å². The van der Waals surface area contributed by atoms with Crippen molar-refractivity contribution in [3.63, 3.8) is 0 Å². The number of primary amides is 1. The summed E-state index contributed by atoms with van der Waals surface area (Å²) in [4.78, 5) is 16.2. The zero-order valence-corrected chi connectivity index (χ0v) is 15.2. The second-order valence-electron chi connectivity index (χ2n) is 6.26. The number of imidazole rings is 1. The second-order valence-corrected chi connectivity index (χ2v) is 6.26. The number of aromatic nitrogens is 4. The molecule has 0 aliphatic heterocycles. The van der Waals surface area contributed by atoms with Gasteiger partial charge in [-0.25, -0.2) is 9.67 Å². The first kappa shape index (κ1) is 17.9. The van der Waals surface area contributed by atoms with Crippen molar-refractivity contribution in [1.82, 2.24) is 19.3 Å². The van der Waals surface area contributed by atoms with E-state index in [1.165, 1.54) is 0 Å². The first-order valence-electron chi connectivity index (χ1n) is 8.85. The van der Waals surface area contributed by atoms with Gasteiger partial charge in [-0.15, -0.1) is 0 Å². The summed E-state index contributed by atoms with van der Waals surface area (Å²) in [5.41, 5.74) is 14.1. The fourth-order valence-electron chi connectivity index (χ4n) is 3.02. The maximum atomic E-state index is 11.5. The van der Waals surface area contributed by atoms with Gasteiger partial charge >= 0.3 is 0 Å². The van der Waals surface area contributed by atoms with Gasteiger partial charge in [0.05, 0.1) is 16.7 Å². The molecule has 138 valence electrons. The molecule has 5 N–H and O–H groups in total. The van der Waals surface area contributed by atoms with Crippen molar-refractivity contribution in [2.24, 2.45) is 11.5 Å². The van der Waals surface area contributed by atoms with Crippen molar-refractivity contribution in [2.75, 3.05) is 11.9 Å². The van der Waals surface area contributed by atoms with Crippen LogP contribution in [0.2, 0.25) is 0 Å². The number of nitrogens with two attached hydrogens (primary N) is 2. The molecule has 0 bridgehead atoms. The highest BCUT2D eigenvalue weighted by Gasteiger charge is 2.14. The Morgan fingerprint density at radius 1 is 1.27 bits per heavy atom.